The van der Waals surface area contributed by atoms with Crippen LogP contribution in [0.25, 0.3) is 0 Å². The average molecular weight is 307 g/mol. The van der Waals surface area contributed by atoms with E-state index >= 15 is 0 Å². The monoisotopic (exact) mass is 307 g/mol. The van der Waals surface area contributed by atoms with Crippen LogP contribution in [-0.2, 0) is 10.0 Å². The van der Waals surface area contributed by atoms with Gasteiger partial charge < -0.3 is 0 Å². The fourth-order valence-corrected chi connectivity index (χ4v) is 2.81. The number of hydrogen-bond donors (Lipinski definition) is 0. The maximum atomic E-state index is 12.3. The van der Waals surface area contributed by atoms with Crippen LogP contribution >= 0.6 is 0 Å². The van der Waals surface area contributed by atoms with Gasteiger partial charge in [0.25, 0.3) is 15.7 Å². The van der Waals surface area contributed by atoms with Crippen molar-refractivity contribution in [1.82, 2.24) is 0 Å². The number of non-ortho nitro benzene ring substituents is 1. The molecule has 0 amide bonds. The molecule has 21 heavy (non-hydrogen) atoms. The molecule has 2 aromatic carbocycles. The van der Waals surface area contributed by atoms with Gasteiger partial charge in [0.05, 0.1) is 20.8 Å². The average Bonchev–Trinajstić information content (AvgIpc) is 2.49. The summed E-state index contributed by atoms with van der Waals surface area (Å²) in [7, 11) is -4.15. The van der Waals surface area contributed by atoms with Crippen molar-refractivity contribution in [3.05, 3.63) is 69.6 Å². The van der Waals surface area contributed by atoms with E-state index in [0.717, 1.165) is 24.3 Å². The summed E-state index contributed by atoms with van der Waals surface area (Å²) in [5.74, 6) is 0. The Balaban J connectivity index is 2.44. The highest BCUT2D eigenvalue weighted by Gasteiger charge is 2.26. The molecule has 0 aliphatic heterocycles. The quantitative estimate of drug-likeness (QED) is 0.478. The first-order valence-corrected chi connectivity index (χ1v) is 7.09. The fraction of sp³-hybridized carbons (Fsp3) is 0. The van der Waals surface area contributed by atoms with Gasteiger partial charge in [0.15, 0.2) is 0 Å². The van der Waals surface area contributed by atoms with Crippen molar-refractivity contribution in [2.45, 2.75) is 4.90 Å². The van der Waals surface area contributed by atoms with E-state index in [2.05, 4.69) is 5.29 Å². The van der Waals surface area contributed by atoms with Crippen molar-refractivity contribution in [1.29, 1.82) is 0 Å². The molecule has 108 valence electrons. The third-order valence-corrected chi connectivity index (χ3v) is 4.23. The maximum absolute atomic E-state index is 12.3. The van der Waals surface area contributed by atoms with Gasteiger partial charge in [0, 0.05) is 12.1 Å². The Kier molecular flexibility index (Phi) is 3.94. The van der Waals surface area contributed by atoms with Gasteiger partial charge in [-0.25, -0.2) is 0 Å². The highest BCUT2D eigenvalue weighted by Crippen LogP contribution is 2.25. The molecule has 0 fully saturated rings. The van der Waals surface area contributed by atoms with E-state index in [4.69, 9.17) is 0 Å². The van der Waals surface area contributed by atoms with Crippen LogP contribution in [-0.4, -0.2) is 13.3 Å². The topological polar surface area (TPSA) is 110 Å². The Morgan fingerprint density at radius 2 is 1.57 bits per heavy atom. The third kappa shape index (κ3) is 2.87. The van der Waals surface area contributed by atoms with E-state index in [1.807, 2.05) is 0 Å². The summed E-state index contributed by atoms with van der Waals surface area (Å²) in [6, 6.07) is 11.7. The summed E-state index contributed by atoms with van der Waals surface area (Å²) in [5.41, 5.74) is -0.304. The number of anilines is 1. The standard InChI is InChI=1S/C12H9N3O5S/c16-13-14(10-6-8-11(9-7-10)15(17)18)21(19,20)12-4-2-1-3-5-12/h1-9H. The minimum absolute atomic E-state index is 0.0838. The number of nitroso groups, excluding NO2 is 1. The van der Waals surface area contributed by atoms with Crippen LogP contribution in [0.3, 0.4) is 0 Å². The van der Waals surface area contributed by atoms with Gasteiger partial charge >= 0.3 is 0 Å². The molecule has 2 aromatic rings. The molecule has 0 atom stereocenters. The first-order chi connectivity index (χ1) is 9.96. The van der Waals surface area contributed by atoms with Crippen LogP contribution in [0.15, 0.2) is 64.8 Å². The lowest BCUT2D eigenvalue weighted by Gasteiger charge is -2.15. The van der Waals surface area contributed by atoms with Crippen LogP contribution in [0.2, 0.25) is 0 Å². The molecule has 9 heteroatoms. The Bertz CT molecular complexity index is 759. The second-order valence-electron chi connectivity index (χ2n) is 3.92. The van der Waals surface area contributed by atoms with Crippen molar-refractivity contribution in [2.24, 2.45) is 5.29 Å². The van der Waals surface area contributed by atoms with Crippen LogP contribution in [0.5, 0.6) is 0 Å². The van der Waals surface area contributed by atoms with E-state index in [-0.39, 0.29) is 20.7 Å². The van der Waals surface area contributed by atoms with Crippen LogP contribution in [0.4, 0.5) is 11.4 Å². The zero-order chi connectivity index (χ0) is 15.5. The second-order valence-corrected chi connectivity index (χ2v) is 5.68. The van der Waals surface area contributed by atoms with Gasteiger partial charge in [0.1, 0.15) is 0 Å². The molecular formula is C12H9N3O5S. The summed E-state index contributed by atoms with van der Waals surface area (Å²) < 4.78 is 24.8. The molecule has 0 unspecified atom stereocenters. The molecule has 0 aliphatic carbocycles. The molecule has 0 N–H and O–H groups in total. The second kappa shape index (κ2) is 5.67. The first-order valence-electron chi connectivity index (χ1n) is 5.65. The molecule has 2 rings (SSSR count). The number of hydrogen-bond acceptors (Lipinski definition) is 6. The minimum atomic E-state index is -4.15. The summed E-state index contributed by atoms with van der Waals surface area (Å²) >= 11 is 0. The van der Waals surface area contributed by atoms with Crippen LogP contribution < -0.4 is 4.41 Å². The fourth-order valence-electron chi connectivity index (χ4n) is 1.62. The summed E-state index contributed by atoms with van der Waals surface area (Å²) in [5, 5.41) is 13.1. The molecule has 0 saturated heterocycles. The highest BCUT2D eigenvalue weighted by molar-refractivity contribution is 7.92. The Morgan fingerprint density at radius 3 is 2.05 bits per heavy atom. The zero-order valence-electron chi connectivity index (χ0n) is 10.5. The molecule has 0 aliphatic rings. The first kappa shape index (κ1) is 14.6. The lowest BCUT2D eigenvalue weighted by atomic mass is 10.3. The van der Waals surface area contributed by atoms with Gasteiger partial charge in [-0.2, -0.15) is 8.42 Å². The van der Waals surface area contributed by atoms with Crippen LogP contribution in [0.1, 0.15) is 0 Å². The molecule has 0 heterocycles. The van der Waals surface area contributed by atoms with Crippen molar-refractivity contribution >= 4 is 21.4 Å². The van der Waals surface area contributed by atoms with Gasteiger partial charge in [-0.1, -0.05) is 18.2 Å². The van der Waals surface area contributed by atoms with Crippen molar-refractivity contribution in [2.75, 3.05) is 4.41 Å². The predicted octanol–water partition coefficient (Wildman–Crippen LogP) is 2.47. The Hall–Kier alpha value is -2.81. The van der Waals surface area contributed by atoms with E-state index in [1.54, 1.807) is 6.07 Å². The van der Waals surface area contributed by atoms with Crippen molar-refractivity contribution in [3.8, 4) is 0 Å². The lowest BCUT2D eigenvalue weighted by Crippen LogP contribution is -2.25. The normalized spacial score (nSPS) is 10.9. The molecule has 0 radical (unpaired) electrons. The summed E-state index contributed by atoms with van der Waals surface area (Å²) in [6.07, 6.45) is 0. The number of nitro benzene ring substituents is 1. The molecule has 0 bridgehead atoms. The smallest absolute Gasteiger partial charge is 0.258 e. The van der Waals surface area contributed by atoms with E-state index < -0.39 is 14.9 Å². The van der Waals surface area contributed by atoms with Crippen LogP contribution in [0, 0.1) is 15.0 Å². The van der Waals surface area contributed by atoms with Crippen molar-refractivity contribution in [3.63, 3.8) is 0 Å². The number of benzene rings is 2. The summed E-state index contributed by atoms with van der Waals surface area (Å²) in [4.78, 5) is 20.7. The number of sulfonamides is 1. The number of nitrogens with zero attached hydrogens (tertiary/aromatic N) is 3. The number of rotatable bonds is 5. The molecule has 0 aromatic heterocycles. The Morgan fingerprint density at radius 1 is 1.00 bits per heavy atom. The number of nitro groups is 1. The van der Waals surface area contributed by atoms with E-state index in [9.17, 15) is 23.4 Å². The van der Waals surface area contributed by atoms with Crippen molar-refractivity contribution < 1.29 is 13.3 Å². The van der Waals surface area contributed by atoms with Gasteiger partial charge in [-0.3, -0.25) is 10.1 Å². The van der Waals surface area contributed by atoms with Gasteiger partial charge in [0.2, 0.25) is 0 Å². The predicted molar refractivity (Wildman–Crippen MR) is 75.0 cm³/mol. The molecular weight excluding hydrogens is 298 g/mol. The van der Waals surface area contributed by atoms with Gasteiger partial charge in [-0.15, -0.1) is 9.32 Å². The molecule has 0 saturated carbocycles. The zero-order valence-corrected chi connectivity index (χ0v) is 11.3. The third-order valence-electron chi connectivity index (χ3n) is 2.62. The maximum Gasteiger partial charge on any atom is 0.286 e. The highest BCUT2D eigenvalue weighted by atomic mass is 32.2. The summed E-state index contributed by atoms with van der Waals surface area (Å²) in [6.45, 7) is 0. The minimum Gasteiger partial charge on any atom is -0.258 e. The molecule has 0 spiro atoms. The van der Waals surface area contributed by atoms with E-state index in [0.29, 0.717) is 0 Å². The van der Waals surface area contributed by atoms with E-state index in [1.165, 1.54) is 24.3 Å². The SMILES string of the molecule is O=NN(c1ccc([N+](=O)[O-])cc1)S(=O)(=O)c1ccccc1. The largest absolute Gasteiger partial charge is 0.286 e. The molecule has 8 nitrogen and oxygen atoms in total. The van der Waals surface area contributed by atoms with Gasteiger partial charge in [-0.05, 0) is 24.3 Å². The Labute approximate surface area is 119 Å². The lowest BCUT2D eigenvalue weighted by molar-refractivity contribution is -0.384.